The van der Waals surface area contributed by atoms with Crippen molar-refractivity contribution < 1.29 is 28.7 Å². The largest absolute Gasteiger partial charge is 0.434 e. The molecule has 2 aromatic carbocycles. The van der Waals surface area contributed by atoms with Crippen LogP contribution >= 0.6 is 22.7 Å². The van der Waals surface area contributed by atoms with Crippen LogP contribution in [-0.4, -0.2) is 49.3 Å². The number of nitrogens with two attached hydrogens (primary N) is 2. The maximum Gasteiger partial charge on any atom is 0.333 e. The Hall–Kier alpha value is -4.62. The topological polar surface area (TPSA) is 163 Å². The summed E-state index contributed by atoms with van der Waals surface area (Å²) in [6, 6.07) is 23.5. The zero-order valence-corrected chi connectivity index (χ0v) is 28.9. The van der Waals surface area contributed by atoms with Crippen LogP contribution in [0.4, 0.5) is 0 Å². The second kappa shape index (κ2) is 16.0. The molecule has 0 aliphatic rings. The highest BCUT2D eigenvalue weighted by molar-refractivity contribution is 7.10. The second-order valence-corrected chi connectivity index (χ2v) is 13.6. The SMILES string of the molecule is Cc1ccsc1C(C)(CNC(=O)C(N)OC(=O)/C=C/C(=O)OC(N)C(=O)NCC(C)(c1ccccc1)c1sccc1C)c1ccccc1. The molecule has 6 N–H and O–H groups in total. The third kappa shape index (κ3) is 8.64. The number of amides is 2. The molecular formula is C36H40N4O6S2. The summed E-state index contributed by atoms with van der Waals surface area (Å²) in [6.45, 7) is 8.45. The molecule has 4 atom stereocenters. The van der Waals surface area contributed by atoms with Crippen LogP contribution in [0.2, 0.25) is 0 Å². The van der Waals surface area contributed by atoms with Gasteiger partial charge in [-0.3, -0.25) is 21.1 Å². The van der Waals surface area contributed by atoms with Gasteiger partial charge in [-0.05, 0) is 72.8 Å². The number of thiophene rings is 2. The van der Waals surface area contributed by atoms with Gasteiger partial charge in [0.1, 0.15) is 0 Å². The summed E-state index contributed by atoms with van der Waals surface area (Å²) in [7, 11) is 0. The molecule has 4 rings (SSSR count). The monoisotopic (exact) mass is 688 g/mol. The highest BCUT2D eigenvalue weighted by Crippen LogP contribution is 2.38. The molecule has 10 nitrogen and oxygen atoms in total. The lowest BCUT2D eigenvalue weighted by molar-refractivity contribution is -0.152. The number of hydrogen-bond donors (Lipinski definition) is 4. The Morgan fingerprint density at radius 3 is 1.33 bits per heavy atom. The minimum absolute atomic E-state index is 0.196. The first-order chi connectivity index (χ1) is 22.8. The fourth-order valence-corrected chi connectivity index (χ4v) is 7.64. The van der Waals surface area contributed by atoms with Crippen LogP contribution in [0.3, 0.4) is 0 Å². The van der Waals surface area contributed by atoms with E-state index in [0.717, 1.165) is 44.2 Å². The van der Waals surface area contributed by atoms with Gasteiger partial charge in [0.15, 0.2) is 0 Å². The van der Waals surface area contributed by atoms with Crippen LogP contribution < -0.4 is 22.1 Å². The maximum absolute atomic E-state index is 12.8. The Kier molecular flexibility index (Phi) is 12.1. The molecule has 0 radical (unpaired) electrons. The van der Waals surface area contributed by atoms with Crippen molar-refractivity contribution in [2.75, 3.05) is 13.1 Å². The minimum atomic E-state index is -1.64. The van der Waals surface area contributed by atoms with E-state index >= 15 is 0 Å². The van der Waals surface area contributed by atoms with E-state index in [2.05, 4.69) is 10.6 Å². The summed E-state index contributed by atoms with van der Waals surface area (Å²) in [5.41, 5.74) is 14.7. The number of ether oxygens (including phenoxy) is 2. The van der Waals surface area contributed by atoms with Crippen molar-refractivity contribution in [1.29, 1.82) is 0 Å². The van der Waals surface area contributed by atoms with Gasteiger partial charge in [0.05, 0.1) is 0 Å². The third-order valence-electron chi connectivity index (χ3n) is 8.14. The molecular weight excluding hydrogens is 649 g/mol. The summed E-state index contributed by atoms with van der Waals surface area (Å²) in [5, 5.41) is 9.55. The summed E-state index contributed by atoms with van der Waals surface area (Å²) in [4.78, 5) is 52.4. The molecule has 0 spiro atoms. The van der Waals surface area contributed by atoms with Gasteiger partial charge in [0.25, 0.3) is 11.8 Å². The Balaban J connectivity index is 1.28. The van der Waals surface area contributed by atoms with Crippen LogP contribution in [0.1, 0.15) is 45.9 Å². The quantitative estimate of drug-likeness (QED) is 0.0871. The number of carbonyl (C=O) groups is 4. The average Bonchev–Trinajstić information content (AvgIpc) is 3.73. The molecule has 0 aliphatic carbocycles. The lowest BCUT2D eigenvalue weighted by Crippen LogP contribution is -2.48. The lowest BCUT2D eigenvalue weighted by atomic mass is 9.79. The summed E-state index contributed by atoms with van der Waals surface area (Å²) in [5.74, 6) is -3.54. The van der Waals surface area contributed by atoms with Crippen molar-refractivity contribution in [3.8, 4) is 0 Å². The zero-order chi connectivity index (χ0) is 34.9. The van der Waals surface area contributed by atoms with E-state index in [-0.39, 0.29) is 13.1 Å². The Morgan fingerprint density at radius 1 is 0.667 bits per heavy atom. The van der Waals surface area contributed by atoms with Crippen LogP contribution in [0.15, 0.2) is 95.7 Å². The molecule has 0 aliphatic heterocycles. The fourth-order valence-electron chi connectivity index (χ4n) is 5.42. The number of hydrogen-bond acceptors (Lipinski definition) is 10. The molecule has 0 saturated carbocycles. The molecule has 12 heteroatoms. The number of carbonyl (C=O) groups excluding carboxylic acids is 4. The average molecular weight is 689 g/mol. The molecule has 0 bridgehead atoms. The summed E-state index contributed by atoms with van der Waals surface area (Å²) < 4.78 is 9.98. The van der Waals surface area contributed by atoms with E-state index in [1.807, 2.05) is 111 Å². The zero-order valence-electron chi connectivity index (χ0n) is 27.2. The van der Waals surface area contributed by atoms with Crippen LogP contribution in [0, 0.1) is 13.8 Å². The van der Waals surface area contributed by atoms with Gasteiger partial charge in [0, 0.05) is 45.8 Å². The first-order valence-corrected chi connectivity index (χ1v) is 17.0. The standard InChI is InChI=1S/C36H40N4O6S2/c1-23-17-19-47-29(23)35(3,25-11-7-5-8-12-25)21-39-33(43)31(37)45-27(41)15-16-28(42)46-32(38)34(44)40-22-36(4,26-13-9-6-10-14-26)30-24(2)18-20-48-30/h5-20,31-32H,21-22,37-38H2,1-4H3,(H,39,43)(H,40,44)/b16-15+. The van der Waals surface area contributed by atoms with E-state index in [9.17, 15) is 19.2 Å². The normalized spacial score (nSPS) is 15.0. The number of aryl methyl sites for hydroxylation is 2. The van der Waals surface area contributed by atoms with Crippen molar-refractivity contribution in [3.05, 3.63) is 128 Å². The molecule has 0 fully saturated rings. The molecule has 4 unspecified atom stereocenters. The van der Waals surface area contributed by atoms with E-state index in [0.29, 0.717) is 0 Å². The van der Waals surface area contributed by atoms with Gasteiger partial charge >= 0.3 is 11.9 Å². The number of esters is 2. The number of rotatable bonds is 14. The third-order valence-corrected chi connectivity index (χ3v) is 10.7. The van der Waals surface area contributed by atoms with E-state index in [1.54, 1.807) is 22.7 Å². The molecule has 4 aromatic rings. The predicted molar refractivity (Wildman–Crippen MR) is 187 cm³/mol. The Morgan fingerprint density at radius 2 is 1.02 bits per heavy atom. The number of benzene rings is 2. The van der Waals surface area contributed by atoms with Crippen molar-refractivity contribution >= 4 is 46.4 Å². The fraction of sp³-hybridized carbons (Fsp3) is 0.278. The smallest absolute Gasteiger partial charge is 0.333 e. The van der Waals surface area contributed by atoms with Gasteiger partial charge in [-0.2, -0.15) is 0 Å². The Labute approximate surface area is 288 Å². The van der Waals surface area contributed by atoms with Crippen molar-refractivity contribution in [2.24, 2.45) is 11.5 Å². The summed E-state index contributed by atoms with van der Waals surface area (Å²) >= 11 is 3.17. The highest BCUT2D eigenvalue weighted by atomic mass is 32.1. The first-order valence-electron chi connectivity index (χ1n) is 15.2. The van der Waals surface area contributed by atoms with Gasteiger partial charge in [-0.15, -0.1) is 22.7 Å². The Bertz CT molecular complexity index is 1630. The molecule has 252 valence electrons. The van der Waals surface area contributed by atoms with Gasteiger partial charge < -0.3 is 20.1 Å². The lowest BCUT2D eigenvalue weighted by Gasteiger charge is -2.31. The maximum atomic E-state index is 12.8. The molecule has 0 saturated heterocycles. The second-order valence-electron chi connectivity index (χ2n) is 11.7. The van der Waals surface area contributed by atoms with E-state index in [4.69, 9.17) is 20.9 Å². The van der Waals surface area contributed by atoms with Crippen LogP contribution in [0.25, 0.3) is 0 Å². The first kappa shape index (κ1) is 36.2. The molecule has 2 aromatic heterocycles. The highest BCUT2D eigenvalue weighted by Gasteiger charge is 2.34. The molecule has 2 amide bonds. The summed E-state index contributed by atoms with van der Waals surface area (Å²) in [6.07, 6.45) is -1.78. The van der Waals surface area contributed by atoms with Crippen LogP contribution in [-0.2, 0) is 39.5 Å². The molecule has 48 heavy (non-hydrogen) atoms. The van der Waals surface area contributed by atoms with Crippen molar-refractivity contribution in [3.63, 3.8) is 0 Å². The molecule has 2 heterocycles. The van der Waals surface area contributed by atoms with Crippen molar-refractivity contribution in [1.82, 2.24) is 10.6 Å². The van der Waals surface area contributed by atoms with E-state index < -0.39 is 47.0 Å². The van der Waals surface area contributed by atoms with Gasteiger partial charge in [-0.25, -0.2) is 9.59 Å². The van der Waals surface area contributed by atoms with Gasteiger partial charge in [-0.1, -0.05) is 60.7 Å². The van der Waals surface area contributed by atoms with Crippen molar-refractivity contribution in [2.45, 2.75) is 51.0 Å². The predicted octanol–water partition coefficient (Wildman–Crippen LogP) is 4.18. The number of nitrogens with one attached hydrogen (secondary N) is 2. The van der Waals surface area contributed by atoms with E-state index in [1.165, 1.54) is 0 Å². The van der Waals surface area contributed by atoms with Crippen LogP contribution in [0.5, 0.6) is 0 Å². The van der Waals surface area contributed by atoms with Gasteiger partial charge in [0.2, 0.25) is 12.5 Å². The minimum Gasteiger partial charge on any atom is -0.434 e.